The highest BCUT2D eigenvalue weighted by atomic mass is 16.5. The van der Waals surface area contributed by atoms with Crippen LogP contribution in [0.3, 0.4) is 0 Å². The second-order valence-corrected chi connectivity index (χ2v) is 5.77. The number of ketones is 1. The van der Waals surface area contributed by atoms with Gasteiger partial charge in [0.05, 0.1) is 17.2 Å². The number of rotatable bonds is 4. The van der Waals surface area contributed by atoms with Crippen LogP contribution in [0.5, 0.6) is 0 Å². The van der Waals surface area contributed by atoms with Gasteiger partial charge in [-0.3, -0.25) is 4.79 Å². The maximum atomic E-state index is 12.8. The number of hydrogen-bond donors (Lipinski definition) is 1. The Kier molecular flexibility index (Phi) is 4.36. The third-order valence-corrected chi connectivity index (χ3v) is 4.02. The largest absolute Gasteiger partial charge is 0.451 e. The van der Waals surface area contributed by atoms with Crippen LogP contribution in [0.25, 0.3) is 10.9 Å². The van der Waals surface area contributed by atoms with Crippen LogP contribution in [0, 0.1) is 18.3 Å². The highest BCUT2D eigenvalue weighted by Gasteiger charge is 2.24. The van der Waals surface area contributed by atoms with E-state index in [1.807, 2.05) is 37.3 Å². The fraction of sp³-hybridized carbons (Fsp3) is 0.150. The molecule has 0 aliphatic rings. The molecule has 1 heterocycles. The molecule has 0 radical (unpaired) electrons. The number of fused-ring (bicyclic) bond motifs is 1. The minimum Gasteiger partial charge on any atom is -0.451 e. The first-order valence-electron chi connectivity index (χ1n) is 7.84. The average Bonchev–Trinajstić information content (AvgIpc) is 2.96. The molecule has 3 aromatic rings. The lowest BCUT2D eigenvalue weighted by atomic mass is 10.0. The van der Waals surface area contributed by atoms with Crippen molar-refractivity contribution in [1.29, 1.82) is 5.26 Å². The van der Waals surface area contributed by atoms with E-state index < -0.39 is 12.1 Å². The van der Waals surface area contributed by atoms with E-state index in [0.29, 0.717) is 11.1 Å². The van der Waals surface area contributed by atoms with Gasteiger partial charge in [-0.15, -0.1) is 0 Å². The number of nitriles is 1. The summed E-state index contributed by atoms with van der Waals surface area (Å²) < 4.78 is 5.31. The number of aromatic amines is 1. The summed E-state index contributed by atoms with van der Waals surface area (Å²) in [7, 11) is 0. The maximum absolute atomic E-state index is 12.8. The molecular weight excluding hydrogens is 316 g/mol. The van der Waals surface area contributed by atoms with Crippen molar-refractivity contribution in [3.05, 3.63) is 70.9 Å². The number of nitrogens with zero attached hydrogens (tertiary/aromatic N) is 1. The van der Waals surface area contributed by atoms with Crippen LogP contribution >= 0.6 is 0 Å². The first kappa shape index (κ1) is 16.5. The molecule has 25 heavy (non-hydrogen) atoms. The van der Waals surface area contributed by atoms with Crippen molar-refractivity contribution in [1.82, 2.24) is 4.98 Å². The van der Waals surface area contributed by atoms with Crippen LogP contribution in [0.2, 0.25) is 0 Å². The molecule has 0 amide bonds. The monoisotopic (exact) mass is 332 g/mol. The van der Waals surface area contributed by atoms with Crippen LogP contribution in [-0.2, 0) is 4.74 Å². The van der Waals surface area contributed by atoms with Gasteiger partial charge in [0, 0.05) is 22.2 Å². The van der Waals surface area contributed by atoms with Gasteiger partial charge in [0.2, 0.25) is 5.78 Å². The Bertz CT molecular complexity index is 1010. The van der Waals surface area contributed by atoms with Gasteiger partial charge in [-0.25, -0.2) is 4.79 Å². The van der Waals surface area contributed by atoms with Crippen molar-refractivity contribution in [2.24, 2.45) is 0 Å². The third kappa shape index (κ3) is 3.15. The molecular formula is C20H16N2O3. The minimum atomic E-state index is -0.934. The van der Waals surface area contributed by atoms with Crippen LogP contribution < -0.4 is 0 Å². The lowest BCUT2D eigenvalue weighted by molar-refractivity contribution is 0.0319. The summed E-state index contributed by atoms with van der Waals surface area (Å²) in [6, 6.07) is 15.7. The number of H-pyrrole nitrogens is 1. The first-order chi connectivity index (χ1) is 12.0. The van der Waals surface area contributed by atoms with Crippen LogP contribution in [0.4, 0.5) is 0 Å². The molecule has 0 bridgehead atoms. The number of esters is 1. The summed E-state index contributed by atoms with van der Waals surface area (Å²) in [5.41, 5.74) is 2.74. The number of carbonyl (C=O) groups excluding carboxylic acids is 2. The highest BCUT2D eigenvalue weighted by molar-refractivity contribution is 6.11. The van der Waals surface area contributed by atoms with E-state index in [1.54, 1.807) is 25.1 Å². The Morgan fingerprint density at radius 2 is 1.92 bits per heavy atom. The molecule has 0 unspecified atom stereocenters. The van der Waals surface area contributed by atoms with Gasteiger partial charge < -0.3 is 9.72 Å². The van der Waals surface area contributed by atoms with Crippen molar-refractivity contribution in [3.8, 4) is 6.07 Å². The Balaban J connectivity index is 1.84. The normalized spacial score (nSPS) is 11.7. The third-order valence-electron chi connectivity index (χ3n) is 4.02. The van der Waals surface area contributed by atoms with Crippen LogP contribution in [-0.4, -0.2) is 22.8 Å². The van der Waals surface area contributed by atoms with E-state index in [4.69, 9.17) is 10.00 Å². The highest BCUT2D eigenvalue weighted by Crippen LogP contribution is 2.24. The smallest absolute Gasteiger partial charge is 0.338 e. The molecule has 1 aromatic heterocycles. The molecule has 3 rings (SSSR count). The van der Waals surface area contributed by atoms with Crippen LogP contribution in [0.15, 0.2) is 48.5 Å². The quantitative estimate of drug-likeness (QED) is 0.582. The number of Topliss-reactive ketones (excluding diaryl/α,β-unsaturated/α-hetero) is 1. The van der Waals surface area contributed by atoms with Gasteiger partial charge in [-0.1, -0.05) is 24.3 Å². The Hall–Kier alpha value is -3.39. The number of benzene rings is 2. The summed E-state index contributed by atoms with van der Waals surface area (Å²) >= 11 is 0. The molecule has 0 spiro atoms. The molecule has 0 fully saturated rings. The fourth-order valence-corrected chi connectivity index (χ4v) is 2.80. The summed E-state index contributed by atoms with van der Waals surface area (Å²) in [5.74, 6) is -0.893. The van der Waals surface area contributed by atoms with E-state index in [9.17, 15) is 9.59 Å². The van der Waals surface area contributed by atoms with E-state index in [2.05, 4.69) is 4.98 Å². The SMILES string of the molecule is Cc1[nH]c2ccccc2c1C(=O)[C@@H](C)OC(=O)c1cccc(C#N)c1. The number of nitrogens with one attached hydrogen (secondary N) is 1. The lowest BCUT2D eigenvalue weighted by Gasteiger charge is -2.12. The van der Waals surface area contributed by atoms with Gasteiger partial charge in [-0.2, -0.15) is 5.26 Å². The summed E-state index contributed by atoms with van der Waals surface area (Å²) in [6.45, 7) is 3.37. The predicted molar refractivity (Wildman–Crippen MR) is 93.4 cm³/mol. The Morgan fingerprint density at radius 1 is 1.16 bits per heavy atom. The van der Waals surface area contributed by atoms with Gasteiger partial charge in [0.15, 0.2) is 6.10 Å². The number of para-hydroxylation sites is 1. The van der Waals surface area contributed by atoms with Crippen LogP contribution in [0.1, 0.15) is 38.9 Å². The van der Waals surface area contributed by atoms with Gasteiger partial charge in [0.1, 0.15) is 0 Å². The van der Waals surface area contributed by atoms with Gasteiger partial charge in [-0.05, 0) is 38.1 Å². The number of aryl methyl sites for hydroxylation is 1. The van der Waals surface area contributed by atoms with Crippen molar-refractivity contribution in [2.75, 3.05) is 0 Å². The summed E-state index contributed by atoms with van der Waals surface area (Å²) in [6.07, 6.45) is -0.934. The molecule has 5 heteroatoms. The molecule has 0 aliphatic heterocycles. The van der Waals surface area contributed by atoms with E-state index >= 15 is 0 Å². The molecule has 0 aliphatic carbocycles. The average molecular weight is 332 g/mol. The van der Waals surface area contributed by atoms with Crippen molar-refractivity contribution >= 4 is 22.7 Å². The second kappa shape index (κ2) is 6.62. The first-order valence-corrected chi connectivity index (χ1v) is 7.84. The topological polar surface area (TPSA) is 83.0 Å². The zero-order chi connectivity index (χ0) is 18.0. The maximum Gasteiger partial charge on any atom is 0.338 e. The van der Waals surface area contributed by atoms with Gasteiger partial charge >= 0.3 is 5.97 Å². The number of aromatic nitrogens is 1. The molecule has 0 saturated carbocycles. The van der Waals surface area contributed by atoms with Crippen molar-refractivity contribution in [3.63, 3.8) is 0 Å². The van der Waals surface area contributed by atoms with E-state index in [1.165, 1.54) is 6.07 Å². The zero-order valence-corrected chi connectivity index (χ0v) is 13.9. The molecule has 0 saturated heterocycles. The summed E-state index contributed by atoms with van der Waals surface area (Å²) in [4.78, 5) is 28.2. The Labute approximate surface area is 144 Å². The predicted octanol–water partition coefficient (Wildman–Crippen LogP) is 3.78. The van der Waals surface area contributed by atoms with E-state index in [-0.39, 0.29) is 11.3 Å². The number of carbonyl (C=O) groups is 2. The van der Waals surface area contributed by atoms with Crippen molar-refractivity contribution in [2.45, 2.75) is 20.0 Å². The molecule has 124 valence electrons. The van der Waals surface area contributed by atoms with Crippen molar-refractivity contribution < 1.29 is 14.3 Å². The molecule has 1 N–H and O–H groups in total. The standard InChI is InChI=1S/C20H16N2O3/c1-12-18(16-8-3-4-9-17(16)22-12)19(23)13(2)25-20(24)15-7-5-6-14(10-15)11-21/h3-10,13,22H,1-2H3/t13-/m1/s1. The lowest BCUT2D eigenvalue weighted by Crippen LogP contribution is -2.25. The summed E-state index contributed by atoms with van der Waals surface area (Å²) in [5, 5.41) is 9.72. The number of ether oxygens (including phenoxy) is 1. The van der Waals surface area contributed by atoms with Gasteiger partial charge in [0.25, 0.3) is 0 Å². The molecule has 1 atom stereocenters. The minimum absolute atomic E-state index is 0.245. The zero-order valence-electron chi connectivity index (χ0n) is 13.9. The molecule has 5 nitrogen and oxygen atoms in total. The fourth-order valence-electron chi connectivity index (χ4n) is 2.80. The Morgan fingerprint density at radius 3 is 2.68 bits per heavy atom. The van der Waals surface area contributed by atoms with E-state index in [0.717, 1.165) is 16.6 Å². The second-order valence-electron chi connectivity index (χ2n) is 5.77. The number of hydrogen-bond acceptors (Lipinski definition) is 4. The molecule has 2 aromatic carbocycles.